The largest absolute Gasteiger partial charge is 0.302 e. The van der Waals surface area contributed by atoms with Gasteiger partial charge in [-0.05, 0) is 37.3 Å². The Kier molecular flexibility index (Phi) is 2.81. The SMILES string of the molecule is Cc1nc2ccccn2c1CN1C(=O)c2ccc(F)cc2C1=O. The van der Waals surface area contributed by atoms with Crippen LogP contribution in [-0.4, -0.2) is 26.1 Å². The predicted octanol–water partition coefficient (Wildman–Crippen LogP) is 2.58. The molecule has 6 heteroatoms. The van der Waals surface area contributed by atoms with Crippen LogP contribution < -0.4 is 0 Å². The molecule has 0 aliphatic carbocycles. The molecule has 1 aromatic carbocycles. The van der Waals surface area contributed by atoms with E-state index >= 15 is 0 Å². The molecule has 0 atom stereocenters. The number of rotatable bonds is 2. The summed E-state index contributed by atoms with van der Waals surface area (Å²) in [5.41, 5.74) is 2.61. The minimum absolute atomic E-state index is 0.102. The number of aryl methyl sites for hydroxylation is 1. The van der Waals surface area contributed by atoms with Gasteiger partial charge < -0.3 is 4.40 Å². The fraction of sp³-hybridized carbons (Fsp3) is 0.118. The zero-order chi connectivity index (χ0) is 16.1. The van der Waals surface area contributed by atoms with E-state index in [0.717, 1.165) is 28.0 Å². The number of fused-ring (bicyclic) bond motifs is 2. The van der Waals surface area contributed by atoms with Crippen LogP contribution in [0, 0.1) is 12.7 Å². The van der Waals surface area contributed by atoms with Crippen molar-refractivity contribution in [3.63, 3.8) is 0 Å². The minimum atomic E-state index is -0.530. The Hall–Kier alpha value is -3.02. The maximum Gasteiger partial charge on any atom is 0.262 e. The van der Waals surface area contributed by atoms with Gasteiger partial charge in [0.15, 0.2) is 0 Å². The number of imidazole rings is 1. The van der Waals surface area contributed by atoms with Gasteiger partial charge in [0.1, 0.15) is 11.5 Å². The predicted molar refractivity (Wildman–Crippen MR) is 80.5 cm³/mol. The maximum atomic E-state index is 13.3. The molecule has 0 unspecified atom stereocenters. The van der Waals surface area contributed by atoms with Crippen molar-refractivity contribution in [2.75, 3.05) is 0 Å². The van der Waals surface area contributed by atoms with Gasteiger partial charge >= 0.3 is 0 Å². The van der Waals surface area contributed by atoms with E-state index in [1.165, 1.54) is 12.1 Å². The lowest BCUT2D eigenvalue weighted by Gasteiger charge is -2.14. The first-order valence-corrected chi connectivity index (χ1v) is 7.14. The summed E-state index contributed by atoms with van der Waals surface area (Å²) in [6, 6.07) is 9.23. The Bertz CT molecular complexity index is 977. The lowest BCUT2D eigenvalue weighted by atomic mass is 10.1. The van der Waals surface area contributed by atoms with Crippen LogP contribution in [-0.2, 0) is 6.54 Å². The van der Waals surface area contributed by atoms with Gasteiger partial charge in [-0.2, -0.15) is 0 Å². The van der Waals surface area contributed by atoms with Crippen molar-refractivity contribution in [3.05, 3.63) is 70.9 Å². The van der Waals surface area contributed by atoms with E-state index in [2.05, 4.69) is 4.98 Å². The molecular formula is C17H12FN3O2. The lowest BCUT2D eigenvalue weighted by Crippen LogP contribution is -2.30. The topological polar surface area (TPSA) is 54.7 Å². The lowest BCUT2D eigenvalue weighted by molar-refractivity contribution is 0.0640. The van der Waals surface area contributed by atoms with E-state index in [1.54, 1.807) is 0 Å². The first-order chi connectivity index (χ1) is 11.1. The number of halogens is 1. The molecule has 114 valence electrons. The molecule has 0 N–H and O–H groups in total. The van der Waals surface area contributed by atoms with Gasteiger partial charge in [0.05, 0.1) is 29.1 Å². The van der Waals surface area contributed by atoms with Crippen molar-refractivity contribution >= 4 is 17.5 Å². The molecule has 0 saturated heterocycles. The van der Waals surface area contributed by atoms with Crippen molar-refractivity contribution in [2.24, 2.45) is 0 Å². The summed E-state index contributed by atoms with van der Waals surface area (Å²) in [5, 5.41) is 0. The molecule has 5 nitrogen and oxygen atoms in total. The fourth-order valence-electron chi connectivity index (χ4n) is 2.91. The zero-order valence-electron chi connectivity index (χ0n) is 12.3. The average molecular weight is 309 g/mol. The number of hydrogen-bond donors (Lipinski definition) is 0. The molecule has 4 rings (SSSR count). The molecule has 3 aromatic rings. The number of imide groups is 1. The van der Waals surface area contributed by atoms with Crippen LogP contribution in [0.15, 0.2) is 42.6 Å². The van der Waals surface area contributed by atoms with Gasteiger partial charge in [0.2, 0.25) is 0 Å². The highest BCUT2D eigenvalue weighted by atomic mass is 19.1. The van der Waals surface area contributed by atoms with E-state index in [-0.39, 0.29) is 17.7 Å². The molecule has 3 heterocycles. The van der Waals surface area contributed by atoms with Gasteiger partial charge in [-0.3, -0.25) is 14.5 Å². The molecule has 0 bridgehead atoms. The summed E-state index contributed by atoms with van der Waals surface area (Å²) >= 11 is 0. The number of hydrogen-bond acceptors (Lipinski definition) is 3. The number of carbonyl (C=O) groups is 2. The molecule has 0 fully saturated rings. The molecular weight excluding hydrogens is 297 g/mol. The standard InChI is InChI=1S/C17H12FN3O2/c1-10-14(20-7-3-2-4-15(20)19-10)9-21-16(22)12-6-5-11(18)8-13(12)17(21)23/h2-8H,9H2,1H3. The number of nitrogens with zero attached hydrogens (tertiary/aromatic N) is 3. The van der Waals surface area contributed by atoms with Gasteiger partial charge in [-0.15, -0.1) is 0 Å². The third kappa shape index (κ3) is 1.95. The van der Waals surface area contributed by atoms with Crippen LogP contribution in [0.1, 0.15) is 32.1 Å². The van der Waals surface area contributed by atoms with Crippen LogP contribution >= 0.6 is 0 Å². The molecule has 0 radical (unpaired) electrons. The van der Waals surface area contributed by atoms with Crippen molar-refractivity contribution in [1.82, 2.24) is 14.3 Å². The molecule has 2 amide bonds. The van der Waals surface area contributed by atoms with E-state index < -0.39 is 17.6 Å². The fourth-order valence-corrected chi connectivity index (χ4v) is 2.91. The first-order valence-electron chi connectivity index (χ1n) is 7.14. The van der Waals surface area contributed by atoms with E-state index in [0.29, 0.717) is 0 Å². The smallest absolute Gasteiger partial charge is 0.262 e. The van der Waals surface area contributed by atoms with E-state index in [4.69, 9.17) is 0 Å². The van der Waals surface area contributed by atoms with E-state index in [9.17, 15) is 14.0 Å². The summed E-state index contributed by atoms with van der Waals surface area (Å²) in [5.74, 6) is -1.41. The van der Waals surface area contributed by atoms with Crippen molar-refractivity contribution in [3.8, 4) is 0 Å². The molecule has 2 aromatic heterocycles. The van der Waals surface area contributed by atoms with Crippen molar-refractivity contribution in [2.45, 2.75) is 13.5 Å². The molecule has 1 aliphatic rings. The van der Waals surface area contributed by atoms with Crippen LogP contribution in [0.3, 0.4) is 0 Å². The highest BCUT2D eigenvalue weighted by molar-refractivity contribution is 6.21. The summed E-state index contributed by atoms with van der Waals surface area (Å²) in [7, 11) is 0. The second kappa shape index (κ2) is 4.74. The Balaban J connectivity index is 1.76. The number of aromatic nitrogens is 2. The third-order valence-corrected chi connectivity index (χ3v) is 4.07. The molecule has 0 saturated carbocycles. The van der Waals surface area contributed by atoms with Gasteiger partial charge in [0, 0.05) is 6.20 Å². The van der Waals surface area contributed by atoms with Gasteiger partial charge in [0.25, 0.3) is 11.8 Å². The second-order valence-electron chi connectivity index (χ2n) is 5.46. The molecule has 23 heavy (non-hydrogen) atoms. The maximum absolute atomic E-state index is 13.3. The quantitative estimate of drug-likeness (QED) is 0.684. The van der Waals surface area contributed by atoms with E-state index in [1.807, 2.05) is 35.7 Å². The van der Waals surface area contributed by atoms with Crippen LogP contribution in [0.4, 0.5) is 4.39 Å². The average Bonchev–Trinajstić information content (AvgIpc) is 2.97. The third-order valence-electron chi connectivity index (χ3n) is 4.07. The summed E-state index contributed by atoms with van der Waals surface area (Å²) < 4.78 is 15.2. The molecule has 0 spiro atoms. The van der Waals surface area contributed by atoms with Crippen LogP contribution in [0.25, 0.3) is 5.65 Å². The Morgan fingerprint density at radius 2 is 1.87 bits per heavy atom. The van der Waals surface area contributed by atoms with Gasteiger partial charge in [-0.1, -0.05) is 6.07 Å². The summed E-state index contributed by atoms with van der Waals surface area (Å²) in [6.45, 7) is 1.94. The summed E-state index contributed by atoms with van der Waals surface area (Å²) in [4.78, 5) is 30.4. The summed E-state index contributed by atoms with van der Waals surface area (Å²) in [6.07, 6.45) is 1.84. The second-order valence-corrected chi connectivity index (χ2v) is 5.46. The van der Waals surface area contributed by atoms with Crippen molar-refractivity contribution < 1.29 is 14.0 Å². The van der Waals surface area contributed by atoms with Crippen LogP contribution in [0.5, 0.6) is 0 Å². The highest BCUT2D eigenvalue weighted by Gasteiger charge is 2.36. The van der Waals surface area contributed by atoms with Crippen LogP contribution in [0.2, 0.25) is 0 Å². The zero-order valence-corrected chi connectivity index (χ0v) is 12.3. The Morgan fingerprint density at radius 3 is 2.70 bits per heavy atom. The Morgan fingerprint density at radius 1 is 1.09 bits per heavy atom. The first kappa shape index (κ1) is 13.6. The number of benzene rings is 1. The minimum Gasteiger partial charge on any atom is -0.302 e. The Labute approximate surface area is 131 Å². The number of amides is 2. The number of carbonyl (C=O) groups excluding carboxylic acids is 2. The highest BCUT2D eigenvalue weighted by Crippen LogP contribution is 2.26. The normalized spacial score (nSPS) is 13.9. The van der Waals surface area contributed by atoms with Gasteiger partial charge in [-0.25, -0.2) is 9.37 Å². The van der Waals surface area contributed by atoms with Crippen molar-refractivity contribution in [1.29, 1.82) is 0 Å². The monoisotopic (exact) mass is 309 g/mol. The molecule has 1 aliphatic heterocycles. The number of pyridine rings is 1.